The van der Waals surface area contributed by atoms with Gasteiger partial charge in [-0.05, 0) is 19.8 Å². The van der Waals surface area contributed by atoms with Crippen LogP contribution < -0.4 is 5.32 Å². The van der Waals surface area contributed by atoms with Gasteiger partial charge >= 0.3 is 0 Å². The van der Waals surface area contributed by atoms with Gasteiger partial charge in [0.25, 0.3) is 5.91 Å². The minimum atomic E-state index is -0.00648. The standard InChI is InChI=1S/C12H22N4OS/c1-4-7-9-16(6-3)11(17)10-14-15-12(18-10)13-8-5-2/h4-9H2,1-3H3,(H,13,15). The summed E-state index contributed by atoms with van der Waals surface area (Å²) in [7, 11) is 0. The zero-order chi connectivity index (χ0) is 13.4. The molecule has 0 fully saturated rings. The van der Waals surface area contributed by atoms with Crippen molar-refractivity contribution in [3.63, 3.8) is 0 Å². The Bertz CT molecular complexity index is 367. The number of carbonyl (C=O) groups is 1. The van der Waals surface area contributed by atoms with Gasteiger partial charge in [0.1, 0.15) is 0 Å². The Morgan fingerprint density at radius 2 is 2.06 bits per heavy atom. The van der Waals surface area contributed by atoms with Crippen molar-refractivity contribution in [2.24, 2.45) is 0 Å². The predicted octanol–water partition coefficient (Wildman–Crippen LogP) is 2.62. The average Bonchev–Trinajstić information content (AvgIpc) is 2.85. The minimum Gasteiger partial charge on any atom is -0.360 e. The maximum Gasteiger partial charge on any atom is 0.284 e. The van der Waals surface area contributed by atoms with Crippen LogP contribution in [-0.4, -0.2) is 40.6 Å². The smallest absolute Gasteiger partial charge is 0.284 e. The Labute approximate surface area is 113 Å². The average molecular weight is 270 g/mol. The lowest BCUT2D eigenvalue weighted by atomic mass is 10.3. The van der Waals surface area contributed by atoms with Gasteiger partial charge < -0.3 is 10.2 Å². The highest BCUT2D eigenvalue weighted by Crippen LogP contribution is 2.17. The van der Waals surface area contributed by atoms with E-state index in [4.69, 9.17) is 0 Å². The van der Waals surface area contributed by atoms with Crippen molar-refractivity contribution in [2.45, 2.75) is 40.0 Å². The molecular weight excluding hydrogens is 248 g/mol. The first-order valence-corrected chi connectivity index (χ1v) is 7.41. The molecule has 0 saturated carbocycles. The van der Waals surface area contributed by atoms with Gasteiger partial charge in [-0.25, -0.2) is 0 Å². The van der Waals surface area contributed by atoms with E-state index in [2.05, 4.69) is 29.4 Å². The molecule has 1 amide bonds. The summed E-state index contributed by atoms with van der Waals surface area (Å²) in [5, 5.41) is 12.3. The van der Waals surface area contributed by atoms with Crippen molar-refractivity contribution in [3.8, 4) is 0 Å². The molecule has 0 saturated heterocycles. The molecule has 0 bridgehead atoms. The zero-order valence-electron chi connectivity index (χ0n) is 11.4. The Hall–Kier alpha value is -1.17. The largest absolute Gasteiger partial charge is 0.360 e. The van der Waals surface area contributed by atoms with E-state index in [0.29, 0.717) is 5.01 Å². The molecular formula is C12H22N4OS. The van der Waals surface area contributed by atoms with E-state index in [9.17, 15) is 4.79 Å². The number of carbonyl (C=O) groups excluding carboxylic acids is 1. The van der Waals surface area contributed by atoms with Crippen LogP contribution in [0, 0.1) is 0 Å². The molecule has 0 aliphatic carbocycles. The van der Waals surface area contributed by atoms with Crippen LogP contribution in [0.4, 0.5) is 5.13 Å². The normalized spacial score (nSPS) is 10.4. The quantitative estimate of drug-likeness (QED) is 0.789. The number of rotatable bonds is 8. The third-order valence-corrected chi connectivity index (χ3v) is 3.45. The lowest BCUT2D eigenvalue weighted by Gasteiger charge is -2.18. The highest BCUT2D eigenvalue weighted by atomic mass is 32.1. The molecule has 0 aromatic carbocycles. The summed E-state index contributed by atoms with van der Waals surface area (Å²) in [6.45, 7) is 8.57. The first-order valence-electron chi connectivity index (χ1n) is 6.59. The van der Waals surface area contributed by atoms with Crippen LogP contribution >= 0.6 is 11.3 Å². The van der Waals surface area contributed by atoms with Gasteiger partial charge in [-0.3, -0.25) is 4.79 Å². The van der Waals surface area contributed by atoms with Gasteiger partial charge in [0.15, 0.2) is 0 Å². The fourth-order valence-electron chi connectivity index (χ4n) is 1.50. The molecule has 1 aromatic heterocycles. The van der Waals surface area contributed by atoms with Crippen LogP contribution in [0.3, 0.4) is 0 Å². The summed E-state index contributed by atoms with van der Waals surface area (Å²) in [6, 6.07) is 0. The van der Waals surface area contributed by atoms with E-state index in [1.807, 2.05) is 11.8 Å². The van der Waals surface area contributed by atoms with Crippen LogP contribution in [0.1, 0.15) is 49.8 Å². The third-order valence-electron chi connectivity index (χ3n) is 2.58. The second kappa shape index (κ2) is 8.02. The molecule has 18 heavy (non-hydrogen) atoms. The highest BCUT2D eigenvalue weighted by Gasteiger charge is 2.18. The van der Waals surface area contributed by atoms with E-state index in [0.717, 1.165) is 44.0 Å². The Kier molecular flexibility index (Phi) is 6.64. The molecule has 0 unspecified atom stereocenters. The number of hydrogen-bond acceptors (Lipinski definition) is 5. The number of unbranched alkanes of at least 4 members (excludes halogenated alkanes) is 1. The molecule has 0 aliphatic heterocycles. The van der Waals surface area contributed by atoms with Crippen molar-refractivity contribution < 1.29 is 4.79 Å². The second-order valence-electron chi connectivity index (χ2n) is 4.08. The molecule has 5 nitrogen and oxygen atoms in total. The topological polar surface area (TPSA) is 58.1 Å². The van der Waals surface area contributed by atoms with E-state index in [-0.39, 0.29) is 5.91 Å². The fourth-order valence-corrected chi connectivity index (χ4v) is 2.24. The van der Waals surface area contributed by atoms with Gasteiger partial charge in [0.2, 0.25) is 10.1 Å². The summed E-state index contributed by atoms with van der Waals surface area (Å²) in [4.78, 5) is 14.0. The number of anilines is 1. The maximum atomic E-state index is 12.2. The van der Waals surface area contributed by atoms with Crippen LogP contribution in [0.5, 0.6) is 0 Å². The van der Waals surface area contributed by atoms with E-state index in [1.165, 1.54) is 11.3 Å². The Morgan fingerprint density at radius 3 is 2.67 bits per heavy atom. The van der Waals surface area contributed by atoms with Gasteiger partial charge in [0.05, 0.1) is 0 Å². The number of amides is 1. The van der Waals surface area contributed by atoms with Crippen molar-refractivity contribution in [1.82, 2.24) is 15.1 Å². The Balaban J connectivity index is 2.61. The minimum absolute atomic E-state index is 0.00648. The van der Waals surface area contributed by atoms with Crippen LogP contribution in [0.2, 0.25) is 0 Å². The molecule has 1 heterocycles. The summed E-state index contributed by atoms with van der Waals surface area (Å²) >= 11 is 1.33. The SMILES string of the molecule is CCCCN(CC)C(=O)c1nnc(NCCC)s1. The summed E-state index contributed by atoms with van der Waals surface area (Å²) in [6.07, 6.45) is 3.14. The molecule has 102 valence electrons. The van der Waals surface area contributed by atoms with Gasteiger partial charge in [-0.15, -0.1) is 10.2 Å². The summed E-state index contributed by atoms with van der Waals surface area (Å²) in [5.74, 6) is -0.00648. The zero-order valence-corrected chi connectivity index (χ0v) is 12.2. The summed E-state index contributed by atoms with van der Waals surface area (Å²) in [5.41, 5.74) is 0. The molecule has 1 N–H and O–H groups in total. The van der Waals surface area contributed by atoms with E-state index >= 15 is 0 Å². The lowest BCUT2D eigenvalue weighted by Crippen LogP contribution is -2.31. The second-order valence-corrected chi connectivity index (χ2v) is 5.06. The monoisotopic (exact) mass is 270 g/mol. The van der Waals surface area contributed by atoms with Crippen molar-refractivity contribution >= 4 is 22.4 Å². The van der Waals surface area contributed by atoms with Crippen LogP contribution in [0.25, 0.3) is 0 Å². The number of nitrogens with zero attached hydrogens (tertiary/aromatic N) is 3. The molecule has 1 aromatic rings. The van der Waals surface area contributed by atoms with Gasteiger partial charge in [-0.1, -0.05) is 31.6 Å². The molecule has 0 atom stereocenters. The van der Waals surface area contributed by atoms with E-state index < -0.39 is 0 Å². The molecule has 0 spiro atoms. The summed E-state index contributed by atoms with van der Waals surface area (Å²) < 4.78 is 0. The Morgan fingerprint density at radius 1 is 1.28 bits per heavy atom. The number of aromatic nitrogens is 2. The first-order chi connectivity index (χ1) is 8.72. The highest BCUT2D eigenvalue weighted by molar-refractivity contribution is 7.17. The van der Waals surface area contributed by atoms with Crippen LogP contribution in [0.15, 0.2) is 0 Å². The molecule has 0 radical (unpaired) electrons. The van der Waals surface area contributed by atoms with Crippen molar-refractivity contribution in [2.75, 3.05) is 25.0 Å². The first kappa shape index (κ1) is 14.9. The number of hydrogen-bond donors (Lipinski definition) is 1. The lowest BCUT2D eigenvalue weighted by molar-refractivity contribution is 0.0761. The van der Waals surface area contributed by atoms with Crippen molar-refractivity contribution in [3.05, 3.63) is 5.01 Å². The third kappa shape index (κ3) is 4.25. The molecule has 6 heteroatoms. The molecule has 0 aliphatic rings. The number of nitrogens with one attached hydrogen (secondary N) is 1. The molecule has 1 rings (SSSR count). The van der Waals surface area contributed by atoms with E-state index in [1.54, 1.807) is 0 Å². The fraction of sp³-hybridized carbons (Fsp3) is 0.750. The van der Waals surface area contributed by atoms with Gasteiger partial charge in [0, 0.05) is 19.6 Å². The predicted molar refractivity (Wildman–Crippen MR) is 75.2 cm³/mol. The van der Waals surface area contributed by atoms with Crippen molar-refractivity contribution in [1.29, 1.82) is 0 Å². The maximum absolute atomic E-state index is 12.2. The van der Waals surface area contributed by atoms with Crippen LogP contribution in [-0.2, 0) is 0 Å². The van der Waals surface area contributed by atoms with Gasteiger partial charge in [-0.2, -0.15) is 0 Å².